The number of anilines is 1. The monoisotopic (exact) mass is 275 g/mol. The first-order chi connectivity index (χ1) is 9.61. The second kappa shape index (κ2) is 8.97. The Kier molecular flexibility index (Phi) is 7.18. The summed E-state index contributed by atoms with van der Waals surface area (Å²) in [5.41, 5.74) is 0.708. The number of rotatable bonds is 8. The molecule has 0 aromatic heterocycles. The standard InChI is InChI=1S/C15H21N3O2/c1-4-8-16-12-15(19)17-13-6-5-7-14(11-13)20-10-9-18(2)3/h1,5-7,11,16H,8-10,12H2,2-3H3,(H,17,19). The summed E-state index contributed by atoms with van der Waals surface area (Å²) >= 11 is 0. The minimum absolute atomic E-state index is 0.134. The number of terminal acetylenes is 1. The van der Waals surface area contributed by atoms with Crippen molar-refractivity contribution in [2.24, 2.45) is 0 Å². The molecule has 5 nitrogen and oxygen atoms in total. The number of amides is 1. The third-order valence-electron chi connectivity index (χ3n) is 2.44. The van der Waals surface area contributed by atoms with Gasteiger partial charge < -0.3 is 15.0 Å². The molecule has 1 aromatic rings. The van der Waals surface area contributed by atoms with Crippen LogP contribution in [0, 0.1) is 12.3 Å². The Labute approximate surface area is 120 Å². The second-order valence-electron chi connectivity index (χ2n) is 4.54. The molecule has 1 aromatic carbocycles. The van der Waals surface area contributed by atoms with Gasteiger partial charge in [-0.15, -0.1) is 6.42 Å². The van der Waals surface area contributed by atoms with Crippen LogP contribution in [-0.4, -0.2) is 51.1 Å². The van der Waals surface area contributed by atoms with Gasteiger partial charge in [-0.3, -0.25) is 10.1 Å². The minimum atomic E-state index is -0.134. The van der Waals surface area contributed by atoms with Crippen molar-refractivity contribution < 1.29 is 9.53 Å². The van der Waals surface area contributed by atoms with Gasteiger partial charge in [-0.1, -0.05) is 12.0 Å². The first-order valence-electron chi connectivity index (χ1n) is 6.43. The zero-order valence-electron chi connectivity index (χ0n) is 12.0. The van der Waals surface area contributed by atoms with Crippen LogP contribution in [0.25, 0.3) is 0 Å². The Balaban J connectivity index is 2.43. The number of carbonyl (C=O) groups is 1. The topological polar surface area (TPSA) is 53.6 Å². The second-order valence-corrected chi connectivity index (χ2v) is 4.54. The average molecular weight is 275 g/mol. The van der Waals surface area contributed by atoms with E-state index in [1.165, 1.54) is 0 Å². The Hall–Kier alpha value is -2.03. The maximum Gasteiger partial charge on any atom is 0.238 e. The number of benzene rings is 1. The number of nitrogens with zero attached hydrogens (tertiary/aromatic N) is 1. The summed E-state index contributed by atoms with van der Waals surface area (Å²) in [6.07, 6.45) is 5.09. The van der Waals surface area contributed by atoms with E-state index in [1.54, 1.807) is 6.07 Å². The summed E-state index contributed by atoms with van der Waals surface area (Å²) < 4.78 is 5.60. The van der Waals surface area contributed by atoms with E-state index in [2.05, 4.69) is 16.6 Å². The third-order valence-corrected chi connectivity index (χ3v) is 2.44. The molecule has 0 radical (unpaired) electrons. The van der Waals surface area contributed by atoms with Gasteiger partial charge in [0, 0.05) is 18.3 Å². The highest BCUT2D eigenvalue weighted by Gasteiger charge is 2.02. The quantitative estimate of drug-likeness (QED) is 0.544. The lowest BCUT2D eigenvalue weighted by Gasteiger charge is -2.12. The number of hydrogen-bond acceptors (Lipinski definition) is 4. The van der Waals surface area contributed by atoms with Crippen LogP contribution in [0.3, 0.4) is 0 Å². The summed E-state index contributed by atoms with van der Waals surface area (Å²) in [4.78, 5) is 13.7. The molecule has 0 fully saturated rings. The fraction of sp³-hybridized carbons (Fsp3) is 0.400. The molecular formula is C15H21N3O2. The molecular weight excluding hydrogens is 254 g/mol. The molecule has 2 N–H and O–H groups in total. The predicted octanol–water partition coefficient (Wildman–Crippen LogP) is 0.788. The molecule has 0 heterocycles. The molecule has 0 spiro atoms. The Bertz CT molecular complexity index is 466. The predicted molar refractivity (Wildman–Crippen MR) is 80.8 cm³/mol. The van der Waals surface area contributed by atoms with Crippen LogP contribution in [0.5, 0.6) is 5.75 Å². The van der Waals surface area contributed by atoms with Gasteiger partial charge in [-0.05, 0) is 26.2 Å². The molecule has 0 aliphatic rings. The van der Waals surface area contributed by atoms with E-state index < -0.39 is 0 Å². The zero-order chi connectivity index (χ0) is 14.8. The summed E-state index contributed by atoms with van der Waals surface area (Å²) in [6, 6.07) is 7.32. The maximum absolute atomic E-state index is 11.6. The number of carbonyl (C=O) groups excluding carboxylic acids is 1. The lowest BCUT2D eigenvalue weighted by molar-refractivity contribution is -0.115. The molecule has 20 heavy (non-hydrogen) atoms. The minimum Gasteiger partial charge on any atom is -0.492 e. The molecule has 1 amide bonds. The molecule has 0 aliphatic carbocycles. The van der Waals surface area contributed by atoms with Gasteiger partial charge in [-0.25, -0.2) is 0 Å². The van der Waals surface area contributed by atoms with Crippen LogP contribution in [0.4, 0.5) is 5.69 Å². The zero-order valence-corrected chi connectivity index (χ0v) is 12.0. The molecule has 1 rings (SSSR count). The van der Waals surface area contributed by atoms with Gasteiger partial charge in [0.1, 0.15) is 12.4 Å². The highest BCUT2D eigenvalue weighted by Crippen LogP contribution is 2.17. The molecule has 0 unspecified atom stereocenters. The first kappa shape index (κ1) is 16.0. The summed E-state index contributed by atoms with van der Waals surface area (Å²) in [5.74, 6) is 3.02. The fourth-order valence-electron chi connectivity index (χ4n) is 1.46. The number of likely N-dealkylation sites (N-methyl/N-ethyl adjacent to an activating group) is 1. The lowest BCUT2D eigenvalue weighted by atomic mass is 10.3. The number of hydrogen-bond donors (Lipinski definition) is 2. The normalized spacial score (nSPS) is 10.1. The van der Waals surface area contributed by atoms with Crippen LogP contribution in [0.1, 0.15) is 0 Å². The van der Waals surface area contributed by atoms with Gasteiger partial charge in [0.25, 0.3) is 0 Å². The summed E-state index contributed by atoms with van der Waals surface area (Å²) in [6.45, 7) is 2.01. The van der Waals surface area contributed by atoms with Gasteiger partial charge in [0.2, 0.25) is 5.91 Å². The van der Waals surface area contributed by atoms with Gasteiger partial charge in [-0.2, -0.15) is 0 Å². The molecule has 0 aliphatic heterocycles. The largest absolute Gasteiger partial charge is 0.492 e. The highest BCUT2D eigenvalue weighted by molar-refractivity contribution is 5.92. The van der Waals surface area contributed by atoms with E-state index in [1.807, 2.05) is 37.2 Å². The van der Waals surface area contributed by atoms with Crippen molar-refractivity contribution in [2.75, 3.05) is 45.7 Å². The van der Waals surface area contributed by atoms with Gasteiger partial charge in [0.05, 0.1) is 13.1 Å². The molecule has 0 bridgehead atoms. The van der Waals surface area contributed by atoms with E-state index >= 15 is 0 Å². The Morgan fingerprint density at radius 1 is 1.45 bits per heavy atom. The first-order valence-corrected chi connectivity index (χ1v) is 6.43. The van der Waals surface area contributed by atoms with Crippen LogP contribution >= 0.6 is 0 Å². The smallest absolute Gasteiger partial charge is 0.238 e. The van der Waals surface area contributed by atoms with Crippen LogP contribution in [-0.2, 0) is 4.79 Å². The van der Waals surface area contributed by atoms with Crippen molar-refractivity contribution in [1.82, 2.24) is 10.2 Å². The molecule has 5 heteroatoms. The molecule has 0 saturated carbocycles. The van der Waals surface area contributed by atoms with E-state index in [9.17, 15) is 4.79 Å². The lowest BCUT2D eigenvalue weighted by Crippen LogP contribution is -2.28. The number of ether oxygens (including phenoxy) is 1. The van der Waals surface area contributed by atoms with Crippen LogP contribution in [0.15, 0.2) is 24.3 Å². The summed E-state index contributed by atoms with van der Waals surface area (Å²) in [7, 11) is 3.98. The Morgan fingerprint density at radius 2 is 2.25 bits per heavy atom. The van der Waals surface area contributed by atoms with Crippen molar-refractivity contribution in [2.45, 2.75) is 0 Å². The third kappa shape index (κ3) is 6.78. The van der Waals surface area contributed by atoms with Crippen molar-refractivity contribution >= 4 is 11.6 Å². The van der Waals surface area contributed by atoms with Crippen molar-refractivity contribution in [1.29, 1.82) is 0 Å². The van der Waals surface area contributed by atoms with E-state index in [-0.39, 0.29) is 12.5 Å². The molecule has 0 atom stereocenters. The van der Waals surface area contributed by atoms with Gasteiger partial charge >= 0.3 is 0 Å². The summed E-state index contributed by atoms with van der Waals surface area (Å²) in [5, 5.41) is 5.61. The Morgan fingerprint density at radius 3 is 2.95 bits per heavy atom. The number of nitrogens with one attached hydrogen (secondary N) is 2. The van der Waals surface area contributed by atoms with Crippen LogP contribution in [0.2, 0.25) is 0 Å². The van der Waals surface area contributed by atoms with Gasteiger partial charge in [0.15, 0.2) is 0 Å². The highest BCUT2D eigenvalue weighted by atomic mass is 16.5. The fourth-order valence-corrected chi connectivity index (χ4v) is 1.46. The van der Waals surface area contributed by atoms with Crippen molar-refractivity contribution in [3.05, 3.63) is 24.3 Å². The molecule has 108 valence electrons. The van der Waals surface area contributed by atoms with Crippen LogP contribution < -0.4 is 15.4 Å². The van der Waals surface area contributed by atoms with E-state index in [0.29, 0.717) is 18.8 Å². The SMILES string of the molecule is C#CCNCC(=O)Nc1cccc(OCCN(C)C)c1. The average Bonchev–Trinajstić information content (AvgIpc) is 2.39. The maximum atomic E-state index is 11.6. The van der Waals surface area contributed by atoms with E-state index in [0.717, 1.165) is 12.3 Å². The van der Waals surface area contributed by atoms with Crippen molar-refractivity contribution in [3.63, 3.8) is 0 Å². The van der Waals surface area contributed by atoms with Crippen molar-refractivity contribution in [3.8, 4) is 18.1 Å². The molecule has 0 saturated heterocycles. The van der Waals surface area contributed by atoms with E-state index in [4.69, 9.17) is 11.2 Å².